The topological polar surface area (TPSA) is 23.8 Å². The fourth-order valence-corrected chi connectivity index (χ4v) is 1.11. The largest absolute Gasteiger partial charge is 0.204 e. The molecule has 0 aliphatic rings. The van der Waals surface area contributed by atoms with Gasteiger partial charge in [0.1, 0.15) is 0 Å². The molecule has 0 saturated carbocycles. The van der Waals surface area contributed by atoms with Gasteiger partial charge in [-0.05, 0) is 13.0 Å². The Morgan fingerprint density at radius 1 is 1.43 bits per heavy atom. The maximum Gasteiger partial charge on any atom is 0.167 e. The average molecular weight is 214 g/mol. The molecule has 1 aromatic rings. The van der Waals surface area contributed by atoms with Crippen LogP contribution in [0, 0.1) is 23.0 Å². The molecule has 14 heavy (non-hydrogen) atoms. The Hall–Kier alpha value is -1.40. The standard InChI is InChI=1S/C10H6ClF2N/c1-6(5-14)9(11)7-3-2-4-8(12)10(7)13/h2-4H,1H3/b9-6-. The molecule has 1 aromatic carbocycles. The number of nitriles is 1. The first kappa shape index (κ1) is 10.7. The van der Waals surface area contributed by atoms with Crippen molar-refractivity contribution >= 4 is 16.6 Å². The van der Waals surface area contributed by atoms with E-state index in [-0.39, 0.29) is 16.2 Å². The smallest absolute Gasteiger partial charge is 0.167 e. The number of nitrogens with zero attached hydrogens (tertiary/aromatic N) is 1. The second-order valence-electron chi connectivity index (χ2n) is 2.65. The Morgan fingerprint density at radius 2 is 2.07 bits per heavy atom. The van der Waals surface area contributed by atoms with Gasteiger partial charge in [-0.2, -0.15) is 5.26 Å². The van der Waals surface area contributed by atoms with Gasteiger partial charge in [0.15, 0.2) is 11.6 Å². The predicted octanol–water partition coefficient (Wildman–Crippen LogP) is 3.46. The summed E-state index contributed by atoms with van der Waals surface area (Å²) in [7, 11) is 0. The maximum atomic E-state index is 13.1. The number of hydrogen-bond acceptors (Lipinski definition) is 1. The molecule has 0 spiro atoms. The van der Waals surface area contributed by atoms with E-state index in [2.05, 4.69) is 0 Å². The SMILES string of the molecule is C/C(C#N)=C(/Cl)c1cccc(F)c1F. The van der Waals surface area contributed by atoms with Crippen molar-refractivity contribution in [1.82, 2.24) is 0 Å². The van der Waals surface area contributed by atoms with E-state index < -0.39 is 11.6 Å². The van der Waals surface area contributed by atoms with E-state index in [0.29, 0.717) is 0 Å². The predicted molar refractivity (Wildman–Crippen MR) is 50.4 cm³/mol. The first-order chi connectivity index (χ1) is 6.57. The molecule has 72 valence electrons. The lowest BCUT2D eigenvalue weighted by atomic mass is 10.1. The van der Waals surface area contributed by atoms with Crippen LogP contribution in [-0.2, 0) is 0 Å². The van der Waals surface area contributed by atoms with Crippen LogP contribution in [0.3, 0.4) is 0 Å². The molecular weight excluding hydrogens is 208 g/mol. The van der Waals surface area contributed by atoms with Gasteiger partial charge in [-0.3, -0.25) is 0 Å². The summed E-state index contributed by atoms with van der Waals surface area (Å²) in [6, 6.07) is 5.41. The van der Waals surface area contributed by atoms with Crippen molar-refractivity contribution in [2.75, 3.05) is 0 Å². The van der Waals surface area contributed by atoms with Gasteiger partial charge in [-0.1, -0.05) is 23.7 Å². The molecule has 0 fully saturated rings. The molecule has 0 aliphatic carbocycles. The second kappa shape index (κ2) is 4.21. The van der Waals surface area contributed by atoms with Gasteiger partial charge in [-0.15, -0.1) is 0 Å². The number of benzene rings is 1. The van der Waals surface area contributed by atoms with Crippen molar-refractivity contribution in [3.05, 3.63) is 41.0 Å². The fraction of sp³-hybridized carbons (Fsp3) is 0.100. The minimum absolute atomic E-state index is 0.0653. The van der Waals surface area contributed by atoms with Gasteiger partial charge in [0.2, 0.25) is 0 Å². The lowest BCUT2D eigenvalue weighted by Crippen LogP contribution is -1.91. The lowest BCUT2D eigenvalue weighted by molar-refractivity contribution is 0.506. The number of rotatable bonds is 1. The van der Waals surface area contributed by atoms with Crippen LogP contribution in [-0.4, -0.2) is 0 Å². The number of hydrogen-bond donors (Lipinski definition) is 0. The van der Waals surface area contributed by atoms with Crippen LogP contribution in [0.15, 0.2) is 23.8 Å². The molecule has 0 N–H and O–H groups in total. The molecule has 0 aromatic heterocycles. The van der Waals surface area contributed by atoms with Crippen molar-refractivity contribution in [3.8, 4) is 6.07 Å². The number of allylic oxidation sites excluding steroid dienone is 1. The quantitative estimate of drug-likeness (QED) is 0.656. The Bertz CT molecular complexity index is 432. The summed E-state index contributed by atoms with van der Waals surface area (Å²) in [5.74, 6) is -2.02. The van der Waals surface area contributed by atoms with Crippen molar-refractivity contribution < 1.29 is 8.78 Å². The molecule has 0 unspecified atom stereocenters. The van der Waals surface area contributed by atoms with Crippen molar-refractivity contribution in [2.24, 2.45) is 0 Å². The molecular formula is C10H6ClF2N. The van der Waals surface area contributed by atoms with Crippen molar-refractivity contribution in [2.45, 2.75) is 6.92 Å². The second-order valence-corrected chi connectivity index (χ2v) is 3.03. The average Bonchev–Trinajstić information content (AvgIpc) is 2.20. The van der Waals surface area contributed by atoms with Gasteiger partial charge >= 0.3 is 0 Å². The third-order valence-corrected chi connectivity index (χ3v) is 2.17. The lowest BCUT2D eigenvalue weighted by Gasteiger charge is -2.02. The third-order valence-electron chi connectivity index (χ3n) is 1.69. The van der Waals surface area contributed by atoms with Crippen LogP contribution in [0.2, 0.25) is 0 Å². The van der Waals surface area contributed by atoms with Crippen LogP contribution in [0.4, 0.5) is 8.78 Å². The minimum Gasteiger partial charge on any atom is -0.204 e. The van der Waals surface area contributed by atoms with Crippen LogP contribution in [0.25, 0.3) is 5.03 Å². The van der Waals surface area contributed by atoms with E-state index in [1.54, 1.807) is 6.07 Å². The highest BCUT2D eigenvalue weighted by Gasteiger charge is 2.12. The summed E-state index contributed by atoms with van der Waals surface area (Å²) in [5, 5.41) is 8.45. The van der Waals surface area contributed by atoms with Crippen LogP contribution in [0.5, 0.6) is 0 Å². The van der Waals surface area contributed by atoms with Crippen LogP contribution in [0.1, 0.15) is 12.5 Å². The summed E-state index contributed by atoms with van der Waals surface area (Å²) in [5.41, 5.74) is 0.0573. The Labute approximate surface area is 85.2 Å². The van der Waals surface area contributed by atoms with E-state index in [9.17, 15) is 8.78 Å². The van der Waals surface area contributed by atoms with E-state index in [4.69, 9.17) is 16.9 Å². The minimum atomic E-state index is -1.04. The highest BCUT2D eigenvalue weighted by molar-refractivity contribution is 6.49. The molecule has 1 nitrogen and oxygen atoms in total. The third kappa shape index (κ3) is 1.91. The molecule has 0 bridgehead atoms. The summed E-state index contributed by atoms with van der Waals surface area (Å²) >= 11 is 5.68. The van der Waals surface area contributed by atoms with E-state index in [0.717, 1.165) is 6.07 Å². The summed E-state index contributed by atoms with van der Waals surface area (Å²) in [6.07, 6.45) is 0. The highest BCUT2D eigenvalue weighted by Crippen LogP contribution is 2.26. The first-order valence-electron chi connectivity index (χ1n) is 3.78. The summed E-state index contributed by atoms with van der Waals surface area (Å²) < 4.78 is 25.9. The Balaban J connectivity index is 3.36. The van der Waals surface area contributed by atoms with Crippen LogP contribution >= 0.6 is 11.6 Å². The molecule has 0 amide bonds. The zero-order valence-electron chi connectivity index (χ0n) is 7.31. The zero-order valence-corrected chi connectivity index (χ0v) is 8.07. The fourth-order valence-electron chi connectivity index (χ4n) is 0.924. The summed E-state index contributed by atoms with van der Waals surface area (Å²) in [6.45, 7) is 1.44. The van der Waals surface area contributed by atoms with Gasteiger partial charge in [0.05, 0.1) is 11.1 Å². The van der Waals surface area contributed by atoms with E-state index in [1.165, 1.54) is 19.1 Å². The first-order valence-corrected chi connectivity index (χ1v) is 4.16. The molecule has 0 saturated heterocycles. The molecule has 1 rings (SSSR count). The van der Waals surface area contributed by atoms with Gasteiger partial charge < -0.3 is 0 Å². The van der Waals surface area contributed by atoms with Crippen LogP contribution < -0.4 is 0 Å². The summed E-state index contributed by atoms with van der Waals surface area (Å²) in [4.78, 5) is 0. The van der Waals surface area contributed by atoms with Crippen molar-refractivity contribution in [3.63, 3.8) is 0 Å². The number of halogens is 3. The zero-order chi connectivity index (χ0) is 10.7. The molecule has 4 heteroatoms. The molecule has 0 atom stereocenters. The normalized spacial score (nSPS) is 11.9. The van der Waals surface area contributed by atoms with Gasteiger partial charge in [0, 0.05) is 11.1 Å². The Morgan fingerprint density at radius 3 is 2.64 bits per heavy atom. The Kier molecular flexibility index (Phi) is 3.21. The van der Waals surface area contributed by atoms with Gasteiger partial charge in [-0.25, -0.2) is 8.78 Å². The monoisotopic (exact) mass is 213 g/mol. The molecule has 0 heterocycles. The molecule has 0 radical (unpaired) electrons. The maximum absolute atomic E-state index is 13.1. The molecule has 0 aliphatic heterocycles. The van der Waals surface area contributed by atoms with E-state index in [1.807, 2.05) is 0 Å². The van der Waals surface area contributed by atoms with Crippen molar-refractivity contribution in [1.29, 1.82) is 5.26 Å². The highest BCUT2D eigenvalue weighted by atomic mass is 35.5. The van der Waals surface area contributed by atoms with E-state index >= 15 is 0 Å². The van der Waals surface area contributed by atoms with Gasteiger partial charge in [0.25, 0.3) is 0 Å².